The first-order valence-corrected chi connectivity index (χ1v) is 6.33. The molecule has 0 atom stereocenters. The van der Waals surface area contributed by atoms with Crippen molar-refractivity contribution in [2.45, 2.75) is 19.9 Å². The minimum absolute atomic E-state index is 0.235. The number of nitrogens with two attached hydrogens (primary N) is 1. The topological polar surface area (TPSA) is 64.3 Å². The number of halogens is 1. The van der Waals surface area contributed by atoms with Crippen LogP contribution in [0.1, 0.15) is 18.9 Å². The number of amides is 1. The van der Waals surface area contributed by atoms with Crippen LogP contribution in [0.15, 0.2) is 22.7 Å². The Labute approximate surface area is 110 Å². The number of carbonyl (C=O) groups is 1. The van der Waals surface area contributed by atoms with Crippen molar-refractivity contribution < 1.29 is 9.53 Å². The lowest BCUT2D eigenvalue weighted by Gasteiger charge is -2.09. The molecule has 0 fully saturated rings. The van der Waals surface area contributed by atoms with Gasteiger partial charge >= 0.3 is 0 Å². The average Bonchev–Trinajstić information content (AvgIpc) is 2.29. The molecule has 1 aromatic rings. The maximum Gasteiger partial charge on any atom is 0.220 e. The second kappa shape index (κ2) is 7.29. The van der Waals surface area contributed by atoms with Crippen LogP contribution in [0.3, 0.4) is 0 Å². The summed E-state index contributed by atoms with van der Waals surface area (Å²) in [6.45, 7) is 4.07. The zero-order valence-electron chi connectivity index (χ0n) is 9.83. The van der Waals surface area contributed by atoms with Gasteiger partial charge in [-0.25, -0.2) is 0 Å². The Morgan fingerprint density at radius 2 is 2.29 bits per heavy atom. The highest BCUT2D eigenvalue weighted by molar-refractivity contribution is 9.10. The van der Waals surface area contributed by atoms with Crippen molar-refractivity contribution in [1.82, 2.24) is 5.32 Å². The van der Waals surface area contributed by atoms with E-state index in [-0.39, 0.29) is 12.3 Å². The van der Waals surface area contributed by atoms with Gasteiger partial charge in [-0.05, 0) is 30.3 Å². The van der Waals surface area contributed by atoms with Gasteiger partial charge in [-0.15, -0.1) is 0 Å². The summed E-state index contributed by atoms with van der Waals surface area (Å²) in [5.74, 6) is 0.400. The van der Waals surface area contributed by atoms with E-state index in [9.17, 15) is 4.79 Å². The van der Waals surface area contributed by atoms with Crippen LogP contribution in [0.4, 0.5) is 0 Å². The summed E-state index contributed by atoms with van der Waals surface area (Å²) in [6.07, 6.45) is 0.235. The maximum atomic E-state index is 10.6. The number of nitrogens with one attached hydrogen (secondary N) is 1. The molecule has 1 aromatic carbocycles. The van der Waals surface area contributed by atoms with Crippen LogP contribution in [0.5, 0.6) is 5.75 Å². The van der Waals surface area contributed by atoms with E-state index < -0.39 is 0 Å². The Bertz CT molecular complexity index is 383. The molecule has 0 aliphatic carbocycles. The summed E-state index contributed by atoms with van der Waals surface area (Å²) >= 11 is 3.48. The molecule has 0 unspecified atom stereocenters. The van der Waals surface area contributed by atoms with Crippen LogP contribution in [0.2, 0.25) is 0 Å². The molecule has 0 aromatic heterocycles. The SMILES string of the molecule is CCNCc1cc(OCCC(N)=O)ccc1Br. The molecule has 4 nitrogen and oxygen atoms in total. The van der Waals surface area contributed by atoms with Gasteiger partial charge in [-0.1, -0.05) is 22.9 Å². The summed E-state index contributed by atoms with van der Waals surface area (Å²) < 4.78 is 6.49. The molecular formula is C12H17BrN2O2. The van der Waals surface area contributed by atoms with E-state index in [0.29, 0.717) is 6.61 Å². The van der Waals surface area contributed by atoms with Crippen molar-refractivity contribution in [2.24, 2.45) is 5.73 Å². The van der Waals surface area contributed by atoms with Crippen molar-refractivity contribution in [3.8, 4) is 5.75 Å². The predicted octanol–water partition coefficient (Wildman–Crippen LogP) is 1.81. The molecule has 0 aliphatic rings. The Morgan fingerprint density at radius 3 is 2.94 bits per heavy atom. The molecule has 0 spiro atoms. The highest BCUT2D eigenvalue weighted by Crippen LogP contribution is 2.22. The molecule has 0 aliphatic heterocycles. The first-order valence-electron chi connectivity index (χ1n) is 5.53. The lowest BCUT2D eigenvalue weighted by atomic mass is 10.2. The highest BCUT2D eigenvalue weighted by atomic mass is 79.9. The van der Waals surface area contributed by atoms with E-state index in [1.807, 2.05) is 18.2 Å². The van der Waals surface area contributed by atoms with Crippen molar-refractivity contribution >= 4 is 21.8 Å². The predicted molar refractivity (Wildman–Crippen MR) is 70.8 cm³/mol. The molecule has 0 saturated heterocycles. The van der Waals surface area contributed by atoms with Crippen LogP contribution in [-0.4, -0.2) is 19.1 Å². The average molecular weight is 301 g/mol. The molecular weight excluding hydrogens is 284 g/mol. The van der Waals surface area contributed by atoms with E-state index >= 15 is 0 Å². The zero-order valence-corrected chi connectivity index (χ0v) is 11.4. The van der Waals surface area contributed by atoms with Gasteiger partial charge in [0.05, 0.1) is 13.0 Å². The monoisotopic (exact) mass is 300 g/mol. The molecule has 0 heterocycles. The standard InChI is InChI=1S/C12H17BrN2O2/c1-2-15-8-9-7-10(3-4-11(9)13)17-6-5-12(14)16/h3-4,7,15H,2,5-6,8H2,1H3,(H2,14,16). The largest absolute Gasteiger partial charge is 0.493 e. The number of benzene rings is 1. The summed E-state index contributed by atoms with van der Waals surface area (Å²) in [7, 11) is 0. The van der Waals surface area contributed by atoms with Crippen LogP contribution in [-0.2, 0) is 11.3 Å². The Balaban J connectivity index is 2.58. The fourth-order valence-corrected chi connectivity index (χ4v) is 1.69. The third-order valence-corrected chi connectivity index (χ3v) is 2.97. The van der Waals surface area contributed by atoms with Crippen molar-refractivity contribution in [3.05, 3.63) is 28.2 Å². The highest BCUT2D eigenvalue weighted by Gasteiger charge is 2.03. The van der Waals surface area contributed by atoms with Gasteiger partial charge in [0.25, 0.3) is 0 Å². The molecule has 94 valence electrons. The smallest absolute Gasteiger partial charge is 0.220 e. The fourth-order valence-electron chi connectivity index (χ4n) is 1.31. The normalized spacial score (nSPS) is 10.2. The van der Waals surface area contributed by atoms with E-state index in [4.69, 9.17) is 10.5 Å². The minimum Gasteiger partial charge on any atom is -0.493 e. The molecule has 0 saturated carbocycles. The second-order valence-electron chi connectivity index (χ2n) is 3.60. The summed E-state index contributed by atoms with van der Waals surface area (Å²) in [4.78, 5) is 10.6. The van der Waals surface area contributed by atoms with E-state index in [1.165, 1.54) is 0 Å². The van der Waals surface area contributed by atoms with Crippen molar-refractivity contribution in [1.29, 1.82) is 0 Å². The molecule has 0 radical (unpaired) electrons. The second-order valence-corrected chi connectivity index (χ2v) is 4.45. The van der Waals surface area contributed by atoms with Crippen LogP contribution >= 0.6 is 15.9 Å². The van der Waals surface area contributed by atoms with Gasteiger partial charge in [-0.3, -0.25) is 4.79 Å². The Morgan fingerprint density at radius 1 is 1.53 bits per heavy atom. The maximum absolute atomic E-state index is 10.6. The van der Waals surface area contributed by atoms with Gasteiger partial charge < -0.3 is 15.8 Å². The minimum atomic E-state index is -0.352. The summed E-state index contributed by atoms with van der Waals surface area (Å²) in [5.41, 5.74) is 6.17. The zero-order chi connectivity index (χ0) is 12.7. The van der Waals surface area contributed by atoms with Crippen LogP contribution in [0.25, 0.3) is 0 Å². The Hall–Kier alpha value is -1.07. The van der Waals surface area contributed by atoms with Crippen LogP contribution in [0, 0.1) is 0 Å². The first-order chi connectivity index (χ1) is 8.13. The number of hydrogen-bond acceptors (Lipinski definition) is 3. The fraction of sp³-hybridized carbons (Fsp3) is 0.417. The molecule has 1 rings (SSSR count). The number of primary amides is 1. The van der Waals surface area contributed by atoms with E-state index in [0.717, 1.165) is 28.9 Å². The lowest BCUT2D eigenvalue weighted by Crippen LogP contribution is -2.15. The summed E-state index contributed by atoms with van der Waals surface area (Å²) in [6, 6.07) is 5.75. The third kappa shape index (κ3) is 5.19. The summed E-state index contributed by atoms with van der Waals surface area (Å²) in [5, 5.41) is 3.25. The lowest BCUT2D eigenvalue weighted by molar-refractivity contribution is -0.118. The molecule has 17 heavy (non-hydrogen) atoms. The Kier molecular flexibility index (Phi) is 6.00. The van der Waals surface area contributed by atoms with Gasteiger partial charge in [-0.2, -0.15) is 0 Å². The number of carbonyl (C=O) groups excluding carboxylic acids is 1. The molecule has 0 bridgehead atoms. The quantitative estimate of drug-likeness (QED) is 0.807. The number of ether oxygens (including phenoxy) is 1. The van der Waals surface area contributed by atoms with Crippen molar-refractivity contribution in [2.75, 3.05) is 13.2 Å². The third-order valence-electron chi connectivity index (χ3n) is 2.20. The van der Waals surface area contributed by atoms with Crippen LogP contribution < -0.4 is 15.8 Å². The van der Waals surface area contributed by atoms with E-state index in [2.05, 4.69) is 28.2 Å². The van der Waals surface area contributed by atoms with Gasteiger partial charge in [0.15, 0.2) is 0 Å². The molecule has 3 N–H and O–H groups in total. The van der Waals surface area contributed by atoms with Gasteiger partial charge in [0.2, 0.25) is 5.91 Å². The first kappa shape index (κ1) is 14.0. The molecule has 1 amide bonds. The van der Waals surface area contributed by atoms with Crippen molar-refractivity contribution in [3.63, 3.8) is 0 Å². The van der Waals surface area contributed by atoms with E-state index in [1.54, 1.807) is 0 Å². The number of rotatable bonds is 7. The molecule has 5 heteroatoms. The van der Waals surface area contributed by atoms with Gasteiger partial charge in [0.1, 0.15) is 5.75 Å². The number of hydrogen-bond donors (Lipinski definition) is 2. The van der Waals surface area contributed by atoms with Gasteiger partial charge in [0, 0.05) is 11.0 Å².